The fourth-order valence-electron chi connectivity index (χ4n) is 2.61. The minimum atomic E-state index is -3.85. The van der Waals surface area contributed by atoms with E-state index in [4.69, 9.17) is 4.74 Å². The van der Waals surface area contributed by atoms with Gasteiger partial charge in [-0.1, -0.05) is 0 Å². The van der Waals surface area contributed by atoms with Gasteiger partial charge in [0, 0.05) is 6.61 Å². The van der Waals surface area contributed by atoms with Crippen LogP contribution in [0.4, 0.5) is 0 Å². The molecule has 2 N–H and O–H groups in total. The number of rotatable bonds is 5. The van der Waals surface area contributed by atoms with Crippen LogP contribution in [0.2, 0.25) is 0 Å². The molecule has 1 atom stereocenters. The van der Waals surface area contributed by atoms with Crippen molar-refractivity contribution >= 4 is 27.3 Å². The highest BCUT2D eigenvalue weighted by atomic mass is 32.2. The Morgan fingerprint density at radius 3 is 2.81 bits per heavy atom. The van der Waals surface area contributed by atoms with Gasteiger partial charge in [0.2, 0.25) is 0 Å². The zero-order valence-corrected chi connectivity index (χ0v) is 13.0. The van der Waals surface area contributed by atoms with Gasteiger partial charge >= 0.3 is 5.97 Å². The highest BCUT2D eigenvalue weighted by molar-refractivity contribution is 7.91. The molecule has 0 aromatic carbocycles. The predicted molar refractivity (Wildman–Crippen MR) is 77.0 cm³/mol. The molecule has 1 saturated carbocycles. The average Bonchev–Trinajstić information content (AvgIpc) is 3.15. The van der Waals surface area contributed by atoms with E-state index in [-0.39, 0.29) is 17.2 Å². The average molecular weight is 331 g/mol. The predicted octanol–water partition coefficient (Wildman–Crippen LogP) is 1.54. The maximum atomic E-state index is 12.6. The first kappa shape index (κ1) is 15.0. The van der Waals surface area contributed by atoms with Crippen molar-refractivity contribution in [3.05, 3.63) is 17.0 Å². The van der Waals surface area contributed by atoms with Crippen LogP contribution in [0.25, 0.3) is 0 Å². The van der Waals surface area contributed by atoms with Crippen LogP contribution in [-0.4, -0.2) is 38.2 Å². The van der Waals surface area contributed by atoms with E-state index in [9.17, 15) is 18.3 Å². The Kier molecular flexibility index (Phi) is 3.81. The molecule has 0 spiro atoms. The molecule has 1 saturated heterocycles. The lowest BCUT2D eigenvalue weighted by Gasteiger charge is -2.33. The zero-order chi connectivity index (χ0) is 15.1. The molecular formula is C13H17NO5S2. The topological polar surface area (TPSA) is 92.7 Å². The van der Waals surface area contributed by atoms with E-state index in [1.807, 2.05) is 6.07 Å². The van der Waals surface area contributed by atoms with Crippen LogP contribution in [-0.2, 0) is 19.6 Å². The van der Waals surface area contributed by atoms with Gasteiger partial charge < -0.3 is 9.84 Å². The third-order valence-corrected chi connectivity index (χ3v) is 6.95. The normalized spacial score (nSPS) is 26.7. The molecule has 1 aromatic rings. The third-order valence-electron chi connectivity index (χ3n) is 3.90. The van der Waals surface area contributed by atoms with Gasteiger partial charge in [0.1, 0.15) is 4.21 Å². The monoisotopic (exact) mass is 331 g/mol. The highest BCUT2D eigenvalue weighted by Gasteiger charge is 2.45. The SMILES string of the molecule is O=C(O)C1(NS(=O)(=O)c2sccc2C2CC2)CCCOC1. The van der Waals surface area contributed by atoms with E-state index >= 15 is 0 Å². The molecule has 0 radical (unpaired) electrons. The molecule has 0 bridgehead atoms. The Labute approximate surface area is 127 Å². The van der Waals surface area contributed by atoms with E-state index in [0.717, 1.165) is 29.7 Å². The van der Waals surface area contributed by atoms with Gasteiger partial charge in [-0.05, 0) is 48.6 Å². The Bertz CT molecular complexity index is 641. The van der Waals surface area contributed by atoms with E-state index < -0.39 is 21.5 Å². The van der Waals surface area contributed by atoms with Crippen LogP contribution in [0.1, 0.15) is 37.2 Å². The number of carbonyl (C=O) groups is 1. The number of hydrogen-bond acceptors (Lipinski definition) is 5. The van der Waals surface area contributed by atoms with Crippen molar-refractivity contribution in [1.29, 1.82) is 0 Å². The molecule has 2 fully saturated rings. The second kappa shape index (κ2) is 5.35. The van der Waals surface area contributed by atoms with E-state index in [1.165, 1.54) is 0 Å². The quantitative estimate of drug-likeness (QED) is 0.854. The second-order valence-corrected chi connectivity index (χ2v) is 8.38. The standard InChI is InChI=1S/C13H17NO5S2/c15-12(16)13(5-1-6-19-8-13)14-21(17,18)11-10(4-7-20-11)9-2-3-9/h4,7,9,14H,1-3,5-6,8H2,(H,15,16). The molecule has 2 heterocycles. The maximum Gasteiger partial charge on any atom is 0.327 e. The van der Waals surface area contributed by atoms with Crippen LogP contribution in [0.5, 0.6) is 0 Å². The van der Waals surface area contributed by atoms with Gasteiger partial charge in [-0.2, -0.15) is 4.72 Å². The zero-order valence-electron chi connectivity index (χ0n) is 11.4. The Morgan fingerprint density at radius 1 is 1.48 bits per heavy atom. The van der Waals surface area contributed by atoms with Crippen molar-refractivity contribution in [2.45, 2.75) is 41.3 Å². The Balaban J connectivity index is 1.90. The fourth-order valence-corrected chi connectivity index (χ4v) is 5.52. The summed E-state index contributed by atoms with van der Waals surface area (Å²) in [4.78, 5) is 11.6. The Morgan fingerprint density at radius 2 is 2.24 bits per heavy atom. The molecule has 8 heteroatoms. The number of nitrogens with one attached hydrogen (secondary N) is 1. The summed E-state index contributed by atoms with van der Waals surface area (Å²) < 4.78 is 33.0. The van der Waals surface area contributed by atoms with Crippen LogP contribution in [0.15, 0.2) is 15.7 Å². The van der Waals surface area contributed by atoms with Crippen LogP contribution >= 0.6 is 11.3 Å². The number of carboxylic acid groups (broad SMARTS) is 1. The molecule has 1 aromatic heterocycles. The minimum absolute atomic E-state index is 0.133. The smallest absolute Gasteiger partial charge is 0.327 e. The first-order valence-corrected chi connectivity index (χ1v) is 9.23. The van der Waals surface area contributed by atoms with Gasteiger partial charge in [0.05, 0.1) is 6.61 Å². The molecule has 2 aliphatic rings. The largest absolute Gasteiger partial charge is 0.480 e. The van der Waals surface area contributed by atoms with Crippen molar-refractivity contribution in [1.82, 2.24) is 4.72 Å². The summed E-state index contributed by atoms with van der Waals surface area (Å²) in [5, 5.41) is 11.2. The molecule has 6 nitrogen and oxygen atoms in total. The maximum absolute atomic E-state index is 12.6. The molecule has 1 aliphatic heterocycles. The van der Waals surface area contributed by atoms with Crippen molar-refractivity contribution in [3.63, 3.8) is 0 Å². The highest BCUT2D eigenvalue weighted by Crippen LogP contribution is 2.44. The summed E-state index contributed by atoms with van der Waals surface area (Å²) in [5.41, 5.74) is -0.744. The van der Waals surface area contributed by atoms with Crippen LogP contribution in [0.3, 0.4) is 0 Å². The van der Waals surface area contributed by atoms with Crippen molar-refractivity contribution in [2.24, 2.45) is 0 Å². The second-order valence-electron chi connectivity index (χ2n) is 5.59. The van der Waals surface area contributed by atoms with Crippen LogP contribution in [0, 0.1) is 0 Å². The van der Waals surface area contributed by atoms with E-state index in [2.05, 4.69) is 4.72 Å². The summed E-state index contributed by atoms with van der Waals surface area (Å²) >= 11 is 1.14. The molecule has 1 unspecified atom stereocenters. The minimum Gasteiger partial charge on any atom is -0.480 e. The number of sulfonamides is 1. The number of hydrogen-bond donors (Lipinski definition) is 2. The van der Waals surface area contributed by atoms with Crippen LogP contribution < -0.4 is 4.72 Å². The van der Waals surface area contributed by atoms with Gasteiger partial charge in [-0.3, -0.25) is 4.79 Å². The molecule has 3 rings (SSSR count). The molecule has 1 aliphatic carbocycles. The first-order chi connectivity index (χ1) is 9.95. The third kappa shape index (κ3) is 2.85. The lowest BCUT2D eigenvalue weighted by molar-refractivity contribution is -0.149. The van der Waals surface area contributed by atoms with Crippen molar-refractivity contribution in [3.8, 4) is 0 Å². The van der Waals surface area contributed by atoms with Gasteiger partial charge in [0.15, 0.2) is 5.54 Å². The summed E-state index contributed by atoms with van der Waals surface area (Å²) in [6.45, 7) is 0.328. The first-order valence-electron chi connectivity index (χ1n) is 6.87. The number of carboxylic acids is 1. The van der Waals surface area contributed by atoms with Gasteiger partial charge in [-0.25, -0.2) is 8.42 Å². The van der Waals surface area contributed by atoms with Crippen molar-refractivity contribution < 1.29 is 23.1 Å². The summed E-state index contributed by atoms with van der Waals surface area (Å²) in [5.74, 6) is -0.887. The molecule has 116 valence electrons. The number of ether oxygens (including phenoxy) is 1. The fraction of sp³-hybridized carbons (Fsp3) is 0.615. The Hall–Kier alpha value is -0.960. The number of aliphatic carboxylic acids is 1. The molecular weight excluding hydrogens is 314 g/mol. The van der Waals surface area contributed by atoms with Crippen molar-refractivity contribution in [2.75, 3.05) is 13.2 Å². The van der Waals surface area contributed by atoms with Gasteiger partial charge in [0.25, 0.3) is 10.0 Å². The van der Waals surface area contributed by atoms with E-state index in [1.54, 1.807) is 5.38 Å². The summed E-state index contributed by atoms with van der Waals surface area (Å²) in [6, 6.07) is 1.82. The van der Waals surface area contributed by atoms with E-state index in [0.29, 0.717) is 18.9 Å². The molecule has 21 heavy (non-hydrogen) atoms. The summed E-state index contributed by atoms with van der Waals surface area (Å²) in [6.07, 6.45) is 2.75. The number of thiophene rings is 1. The lowest BCUT2D eigenvalue weighted by Crippen LogP contribution is -2.59. The summed E-state index contributed by atoms with van der Waals surface area (Å²) in [7, 11) is -3.85. The lowest BCUT2D eigenvalue weighted by atomic mass is 9.94. The van der Waals surface area contributed by atoms with Gasteiger partial charge in [-0.15, -0.1) is 11.3 Å². The molecule has 0 amide bonds.